The second-order valence-corrected chi connectivity index (χ2v) is 5.37. The molecule has 1 amide bonds. The maximum absolute atomic E-state index is 11.3. The Balaban J connectivity index is 1.65. The van der Waals surface area contributed by atoms with Crippen LogP contribution in [0.1, 0.15) is 12.0 Å². The van der Waals surface area contributed by atoms with E-state index in [1.807, 2.05) is 60.7 Å². The lowest BCUT2D eigenvalue weighted by atomic mass is 10.1. The molecule has 3 rings (SSSR count). The zero-order chi connectivity index (χ0) is 16.8. The second kappa shape index (κ2) is 7.30. The number of nitrogens with zero attached hydrogens (tertiary/aromatic N) is 1. The molecular weight excluding hydrogens is 300 g/mol. The van der Waals surface area contributed by atoms with E-state index in [9.17, 15) is 4.79 Å². The summed E-state index contributed by atoms with van der Waals surface area (Å²) in [5.74, 6) is 1.25. The standard InChI is InChI=1S/C20H16N2O2/c21-12-11-20(23)22-14-15-5-8-18(9-6-15)24-19-10-7-16-3-1-2-4-17(16)13-19/h1-10,13H,11,14H2,(H,22,23). The van der Waals surface area contributed by atoms with Gasteiger partial charge >= 0.3 is 0 Å². The minimum atomic E-state index is -0.269. The summed E-state index contributed by atoms with van der Waals surface area (Å²) in [7, 11) is 0. The van der Waals surface area contributed by atoms with Crippen LogP contribution < -0.4 is 10.1 Å². The zero-order valence-corrected chi connectivity index (χ0v) is 13.0. The Morgan fingerprint density at radius 2 is 1.67 bits per heavy atom. The first-order valence-electron chi connectivity index (χ1n) is 7.64. The van der Waals surface area contributed by atoms with Gasteiger partial charge in [-0.15, -0.1) is 0 Å². The first kappa shape index (κ1) is 15.6. The van der Waals surface area contributed by atoms with Crippen LogP contribution in [0.5, 0.6) is 11.5 Å². The molecular formula is C20H16N2O2. The van der Waals surface area contributed by atoms with Gasteiger partial charge < -0.3 is 10.1 Å². The van der Waals surface area contributed by atoms with Gasteiger partial charge in [0.2, 0.25) is 5.91 Å². The molecule has 0 aliphatic heterocycles. The number of hydrogen-bond donors (Lipinski definition) is 1. The van der Waals surface area contributed by atoms with Crippen molar-refractivity contribution in [2.24, 2.45) is 0 Å². The molecule has 3 aromatic rings. The predicted octanol–water partition coefficient (Wildman–Crippen LogP) is 4.16. The molecule has 4 heteroatoms. The van der Waals surface area contributed by atoms with Gasteiger partial charge in [0.1, 0.15) is 17.9 Å². The molecule has 4 nitrogen and oxygen atoms in total. The van der Waals surface area contributed by atoms with Gasteiger partial charge in [0.05, 0.1) is 6.07 Å². The fourth-order valence-electron chi connectivity index (χ4n) is 2.38. The Labute approximate surface area is 140 Å². The highest BCUT2D eigenvalue weighted by atomic mass is 16.5. The normalized spacial score (nSPS) is 10.1. The molecule has 0 heterocycles. The first-order valence-corrected chi connectivity index (χ1v) is 7.64. The van der Waals surface area contributed by atoms with Crippen LogP contribution in [0.3, 0.4) is 0 Å². The number of amides is 1. The van der Waals surface area contributed by atoms with Crippen molar-refractivity contribution >= 4 is 16.7 Å². The van der Waals surface area contributed by atoms with Crippen LogP contribution in [0, 0.1) is 11.3 Å². The molecule has 0 aliphatic rings. The van der Waals surface area contributed by atoms with Crippen LogP contribution >= 0.6 is 0 Å². The molecule has 0 fully saturated rings. The Bertz CT molecular complexity index is 895. The quantitative estimate of drug-likeness (QED) is 0.768. The third-order valence-electron chi connectivity index (χ3n) is 3.61. The van der Waals surface area contributed by atoms with Crippen molar-refractivity contribution in [2.75, 3.05) is 0 Å². The molecule has 118 valence electrons. The molecule has 0 aromatic heterocycles. The number of rotatable bonds is 5. The van der Waals surface area contributed by atoms with Crippen molar-refractivity contribution in [2.45, 2.75) is 13.0 Å². The van der Waals surface area contributed by atoms with Gasteiger partial charge in [-0.05, 0) is 40.6 Å². The summed E-state index contributed by atoms with van der Waals surface area (Å²) in [5.41, 5.74) is 0.951. The SMILES string of the molecule is N#CCC(=O)NCc1ccc(Oc2ccc3ccccc3c2)cc1. The maximum atomic E-state index is 11.3. The highest BCUT2D eigenvalue weighted by Gasteiger charge is 2.02. The first-order chi connectivity index (χ1) is 11.7. The van der Waals surface area contributed by atoms with Crippen molar-refractivity contribution in [1.29, 1.82) is 5.26 Å². The Morgan fingerprint density at radius 3 is 2.42 bits per heavy atom. The number of hydrogen-bond acceptors (Lipinski definition) is 3. The van der Waals surface area contributed by atoms with Gasteiger partial charge in [0.25, 0.3) is 0 Å². The average Bonchev–Trinajstić information content (AvgIpc) is 2.61. The molecule has 0 aliphatic carbocycles. The number of nitrogens with one attached hydrogen (secondary N) is 1. The molecule has 3 aromatic carbocycles. The molecule has 0 spiro atoms. The van der Waals surface area contributed by atoms with Crippen LogP contribution in [-0.4, -0.2) is 5.91 Å². The Morgan fingerprint density at radius 1 is 0.958 bits per heavy atom. The topological polar surface area (TPSA) is 62.1 Å². The third kappa shape index (κ3) is 3.90. The van der Waals surface area contributed by atoms with E-state index >= 15 is 0 Å². The molecule has 0 saturated carbocycles. The lowest BCUT2D eigenvalue weighted by Crippen LogP contribution is -2.21. The predicted molar refractivity (Wildman–Crippen MR) is 92.5 cm³/mol. The van der Waals surface area contributed by atoms with Gasteiger partial charge in [-0.25, -0.2) is 0 Å². The fourth-order valence-corrected chi connectivity index (χ4v) is 2.38. The largest absolute Gasteiger partial charge is 0.457 e. The van der Waals surface area contributed by atoms with E-state index < -0.39 is 0 Å². The molecule has 0 unspecified atom stereocenters. The van der Waals surface area contributed by atoms with E-state index in [2.05, 4.69) is 17.4 Å². The monoisotopic (exact) mass is 316 g/mol. The number of carbonyl (C=O) groups excluding carboxylic acids is 1. The van der Waals surface area contributed by atoms with Crippen molar-refractivity contribution in [3.8, 4) is 17.6 Å². The number of carbonyl (C=O) groups is 1. The molecule has 0 radical (unpaired) electrons. The number of ether oxygens (including phenoxy) is 1. The van der Waals surface area contributed by atoms with E-state index in [1.54, 1.807) is 0 Å². The smallest absolute Gasteiger partial charge is 0.234 e. The number of fused-ring (bicyclic) bond motifs is 1. The van der Waals surface area contributed by atoms with Crippen molar-refractivity contribution < 1.29 is 9.53 Å². The van der Waals surface area contributed by atoms with Crippen LogP contribution in [0.25, 0.3) is 10.8 Å². The summed E-state index contributed by atoms with van der Waals surface area (Å²) in [5, 5.41) is 13.4. The molecule has 1 N–H and O–H groups in total. The lowest BCUT2D eigenvalue weighted by molar-refractivity contribution is -0.120. The van der Waals surface area contributed by atoms with E-state index in [-0.39, 0.29) is 12.3 Å². The average molecular weight is 316 g/mol. The Hall–Kier alpha value is -3.32. The highest BCUT2D eigenvalue weighted by molar-refractivity contribution is 5.83. The fraction of sp³-hybridized carbons (Fsp3) is 0.100. The van der Waals surface area contributed by atoms with Crippen molar-refractivity contribution in [3.63, 3.8) is 0 Å². The molecule has 0 bridgehead atoms. The van der Waals surface area contributed by atoms with E-state index in [1.165, 1.54) is 5.39 Å². The lowest BCUT2D eigenvalue weighted by Gasteiger charge is -2.08. The summed E-state index contributed by atoms with van der Waals surface area (Å²) in [6.07, 6.45) is -0.122. The summed E-state index contributed by atoms with van der Waals surface area (Å²) in [6, 6.07) is 23.4. The molecule has 24 heavy (non-hydrogen) atoms. The maximum Gasteiger partial charge on any atom is 0.234 e. The van der Waals surface area contributed by atoms with Gasteiger partial charge in [0, 0.05) is 6.54 Å². The van der Waals surface area contributed by atoms with Gasteiger partial charge in [0.15, 0.2) is 0 Å². The van der Waals surface area contributed by atoms with Crippen molar-refractivity contribution in [3.05, 3.63) is 72.3 Å². The van der Waals surface area contributed by atoms with Crippen LogP contribution in [0.4, 0.5) is 0 Å². The summed E-state index contributed by atoms with van der Waals surface area (Å²) >= 11 is 0. The Kier molecular flexibility index (Phi) is 4.73. The second-order valence-electron chi connectivity index (χ2n) is 5.37. The van der Waals surface area contributed by atoms with Crippen LogP contribution in [0.15, 0.2) is 66.7 Å². The summed E-state index contributed by atoms with van der Waals surface area (Å²) < 4.78 is 5.88. The molecule has 0 saturated heterocycles. The van der Waals surface area contributed by atoms with Gasteiger partial charge in [-0.3, -0.25) is 4.79 Å². The van der Waals surface area contributed by atoms with Crippen LogP contribution in [0.2, 0.25) is 0 Å². The highest BCUT2D eigenvalue weighted by Crippen LogP contribution is 2.25. The van der Waals surface area contributed by atoms with Crippen molar-refractivity contribution in [1.82, 2.24) is 5.32 Å². The molecule has 0 atom stereocenters. The minimum Gasteiger partial charge on any atom is -0.457 e. The number of nitriles is 1. The zero-order valence-electron chi connectivity index (χ0n) is 13.0. The van der Waals surface area contributed by atoms with E-state index in [0.717, 1.165) is 22.4 Å². The van der Waals surface area contributed by atoms with Gasteiger partial charge in [-0.2, -0.15) is 5.26 Å². The van der Waals surface area contributed by atoms with E-state index in [4.69, 9.17) is 10.00 Å². The summed E-state index contributed by atoms with van der Waals surface area (Å²) in [4.78, 5) is 11.3. The minimum absolute atomic E-state index is 0.122. The van der Waals surface area contributed by atoms with Gasteiger partial charge in [-0.1, -0.05) is 42.5 Å². The van der Waals surface area contributed by atoms with E-state index in [0.29, 0.717) is 6.54 Å². The van der Waals surface area contributed by atoms with Crippen LogP contribution in [-0.2, 0) is 11.3 Å². The number of benzene rings is 3. The summed E-state index contributed by atoms with van der Waals surface area (Å²) in [6.45, 7) is 0.400. The third-order valence-corrected chi connectivity index (χ3v) is 3.61.